The van der Waals surface area contributed by atoms with E-state index in [9.17, 15) is 4.79 Å². The Labute approximate surface area is 84.4 Å². The van der Waals surface area contributed by atoms with Gasteiger partial charge in [-0.1, -0.05) is 0 Å². The van der Waals surface area contributed by atoms with Gasteiger partial charge in [0.15, 0.2) is 0 Å². The molecule has 0 atom stereocenters. The highest BCUT2D eigenvalue weighted by Crippen LogP contribution is 2.73. The van der Waals surface area contributed by atoms with Gasteiger partial charge < -0.3 is 9.84 Å². The molecule has 0 radical (unpaired) electrons. The molecule has 80 valence electrons. The molecule has 2 bridgehead atoms. The molecule has 0 aromatic heterocycles. The lowest BCUT2D eigenvalue weighted by atomic mass is 9.35. The van der Waals surface area contributed by atoms with E-state index in [1.54, 1.807) is 0 Å². The van der Waals surface area contributed by atoms with Crippen molar-refractivity contribution in [2.45, 2.75) is 45.6 Å². The van der Waals surface area contributed by atoms with Gasteiger partial charge in [-0.25, -0.2) is 0 Å². The van der Waals surface area contributed by atoms with E-state index < -0.39 is 0 Å². The van der Waals surface area contributed by atoms with Gasteiger partial charge in [0.25, 0.3) is 0 Å². The molecule has 3 aliphatic carbocycles. The highest BCUT2D eigenvalue weighted by Gasteiger charge is 2.72. The van der Waals surface area contributed by atoms with E-state index >= 15 is 0 Å². The first-order valence-electron chi connectivity index (χ1n) is 5.15. The van der Waals surface area contributed by atoms with Crippen molar-refractivity contribution in [3.63, 3.8) is 0 Å². The first-order valence-corrected chi connectivity index (χ1v) is 5.15. The lowest BCUT2D eigenvalue weighted by Crippen LogP contribution is -2.67. The lowest BCUT2D eigenvalue weighted by molar-refractivity contribution is -0.245. The fourth-order valence-electron chi connectivity index (χ4n) is 2.77. The Morgan fingerprint density at radius 2 is 1.86 bits per heavy atom. The Kier molecular flexibility index (Phi) is 1.79. The quantitative estimate of drug-likeness (QED) is 0.684. The highest BCUT2D eigenvalue weighted by atomic mass is 16.6. The minimum absolute atomic E-state index is 0.0691. The smallest absolute Gasteiger partial charge is 0.312 e. The van der Waals surface area contributed by atoms with Crippen molar-refractivity contribution in [2.75, 3.05) is 6.61 Å². The predicted octanol–water partition coefficient (Wildman–Crippen LogP) is 1.49. The molecule has 3 saturated carbocycles. The largest absolute Gasteiger partial charge is 0.460 e. The van der Waals surface area contributed by atoms with Crippen LogP contribution in [0.4, 0.5) is 0 Å². The molecule has 3 nitrogen and oxygen atoms in total. The van der Waals surface area contributed by atoms with Gasteiger partial charge in [0.2, 0.25) is 0 Å². The van der Waals surface area contributed by atoms with Gasteiger partial charge in [0.05, 0.1) is 5.41 Å². The minimum Gasteiger partial charge on any atom is -0.460 e. The van der Waals surface area contributed by atoms with Crippen LogP contribution in [0.5, 0.6) is 0 Å². The second-order valence-electron chi connectivity index (χ2n) is 5.97. The normalized spacial score (nSPS) is 39.7. The van der Waals surface area contributed by atoms with Gasteiger partial charge in [-0.2, -0.15) is 0 Å². The first-order chi connectivity index (χ1) is 6.31. The summed E-state index contributed by atoms with van der Waals surface area (Å²) in [5.41, 5.74) is -0.536. The highest BCUT2D eigenvalue weighted by molar-refractivity contribution is 5.81. The molecule has 0 aromatic rings. The number of rotatable bonds is 2. The SMILES string of the molecule is CC(C)(C)OC(=O)C12CC(CO)(C1)C2. The fraction of sp³-hybridized carbons (Fsp3) is 0.909. The average molecular weight is 198 g/mol. The number of hydrogen-bond acceptors (Lipinski definition) is 3. The fourth-order valence-corrected chi connectivity index (χ4v) is 2.77. The van der Waals surface area contributed by atoms with Crippen molar-refractivity contribution in [1.82, 2.24) is 0 Å². The summed E-state index contributed by atoms with van der Waals surface area (Å²) in [6.07, 6.45) is 2.47. The molecule has 0 saturated heterocycles. The van der Waals surface area contributed by atoms with Crippen LogP contribution in [-0.4, -0.2) is 23.3 Å². The van der Waals surface area contributed by atoms with Crippen molar-refractivity contribution in [1.29, 1.82) is 0 Å². The number of esters is 1. The summed E-state index contributed by atoms with van der Waals surface area (Å²) < 4.78 is 5.35. The maximum Gasteiger partial charge on any atom is 0.312 e. The molecule has 3 aliphatic rings. The molecule has 0 heterocycles. The van der Waals surface area contributed by atoms with Crippen LogP contribution in [-0.2, 0) is 9.53 Å². The summed E-state index contributed by atoms with van der Waals surface area (Å²) >= 11 is 0. The van der Waals surface area contributed by atoms with E-state index in [-0.39, 0.29) is 29.0 Å². The van der Waals surface area contributed by atoms with Crippen LogP contribution >= 0.6 is 0 Å². The van der Waals surface area contributed by atoms with Crippen LogP contribution in [0.1, 0.15) is 40.0 Å². The number of aliphatic hydroxyl groups excluding tert-OH is 1. The van der Waals surface area contributed by atoms with Crippen LogP contribution in [0, 0.1) is 10.8 Å². The van der Waals surface area contributed by atoms with Crippen molar-refractivity contribution >= 4 is 5.97 Å². The van der Waals surface area contributed by atoms with Gasteiger partial charge in [0.1, 0.15) is 5.60 Å². The maximum absolute atomic E-state index is 11.8. The third kappa shape index (κ3) is 1.26. The number of carbonyl (C=O) groups is 1. The minimum atomic E-state index is -0.390. The van der Waals surface area contributed by atoms with Crippen molar-refractivity contribution < 1.29 is 14.6 Å². The lowest BCUT2D eigenvalue weighted by Gasteiger charge is -2.68. The van der Waals surface area contributed by atoms with Crippen LogP contribution in [0.2, 0.25) is 0 Å². The number of carbonyl (C=O) groups excluding carboxylic acids is 1. The molecule has 3 rings (SSSR count). The summed E-state index contributed by atoms with van der Waals surface area (Å²) in [5.74, 6) is -0.0691. The van der Waals surface area contributed by atoms with E-state index in [4.69, 9.17) is 9.84 Å². The summed E-state index contributed by atoms with van der Waals surface area (Å²) in [4.78, 5) is 11.8. The van der Waals surface area contributed by atoms with E-state index in [1.807, 2.05) is 20.8 Å². The topological polar surface area (TPSA) is 46.5 Å². The Bertz CT molecular complexity index is 255. The molecule has 0 amide bonds. The van der Waals surface area contributed by atoms with E-state index in [1.165, 1.54) is 0 Å². The second kappa shape index (κ2) is 2.51. The Morgan fingerprint density at radius 3 is 2.21 bits per heavy atom. The van der Waals surface area contributed by atoms with Crippen molar-refractivity contribution in [3.05, 3.63) is 0 Å². The Hall–Kier alpha value is -0.570. The third-order valence-electron chi connectivity index (χ3n) is 3.31. The molecule has 14 heavy (non-hydrogen) atoms. The van der Waals surface area contributed by atoms with Crippen LogP contribution in [0.25, 0.3) is 0 Å². The summed E-state index contributed by atoms with van der Waals surface area (Å²) in [5, 5.41) is 9.06. The van der Waals surface area contributed by atoms with Crippen LogP contribution < -0.4 is 0 Å². The number of hydrogen-bond donors (Lipinski definition) is 1. The van der Waals surface area contributed by atoms with Crippen molar-refractivity contribution in [3.8, 4) is 0 Å². The zero-order valence-electron chi connectivity index (χ0n) is 9.09. The number of ether oxygens (including phenoxy) is 1. The zero-order valence-corrected chi connectivity index (χ0v) is 9.09. The van der Waals surface area contributed by atoms with Gasteiger partial charge >= 0.3 is 5.97 Å². The molecule has 0 aromatic carbocycles. The van der Waals surface area contributed by atoms with Crippen molar-refractivity contribution in [2.24, 2.45) is 10.8 Å². The van der Waals surface area contributed by atoms with Gasteiger partial charge in [-0.15, -0.1) is 0 Å². The van der Waals surface area contributed by atoms with Crippen LogP contribution in [0.15, 0.2) is 0 Å². The molecular formula is C11H18O3. The molecular weight excluding hydrogens is 180 g/mol. The van der Waals surface area contributed by atoms with Gasteiger partial charge in [-0.3, -0.25) is 4.79 Å². The molecule has 3 heteroatoms. The van der Waals surface area contributed by atoms with E-state index in [0.29, 0.717) is 0 Å². The zero-order chi connectivity index (χ0) is 10.6. The van der Waals surface area contributed by atoms with E-state index in [2.05, 4.69) is 0 Å². The standard InChI is InChI=1S/C11H18O3/c1-9(2,3)14-8(13)11-4-10(5-11,6-11)7-12/h12H,4-7H2,1-3H3. The van der Waals surface area contributed by atoms with Crippen LogP contribution in [0.3, 0.4) is 0 Å². The van der Waals surface area contributed by atoms with Gasteiger partial charge in [0, 0.05) is 6.61 Å². The molecule has 0 unspecified atom stereocenters. The van der Waals surface area contributed by atoms with Gasteiger partial charge in [-0.05, 0) is 45.4 Å². The van der Waals surface area contributed by atoms with E-state index in [0.717, 1.165) is 19.3 Å². The molecule has 0 spiro atoms. The monoisotopic (exact) mass is 198 g/mol. The molecule has 1 N–H and O–H groups in total. The number of aliphatic hydroxyl groups is 1. The average Bonchev–Trinajstić information content (AvgIpc) is 1.76. The summed E-state index contributed by atoms with van der Waals surface area (Å²) in [7, 11) is 0. The Morgan fingerprint density at radius 1 is 1.36 bits per heavy atom. The summed E-state index contributed by atoms with van der Waals surface area (Å²) in [6, 6.07) is 0. The molecule has 3 fully saturated rings. The second-order valence-corrected chi connectivity index (χ2v) is 5.97. The third-order valence-corrected chi connectivity index (χ3v) is 3.31. The maximum atomic E-state index is 11.8. The molecule has 0 aliphatic heterocycles. The Balaban J connectivity index is 1.91. The summed E-state index contributed by atoms with van der Waals surface area (Å²) in [6.45, 7) is 5.88. The first kappa shape index (κ1) is 9.97. The predicted molar refractivity (Wildman–Crippen MR) is 51.6 cm³/mol.